The molecule has 0 radical (unpaired) electrons. The summed E-state index contributed by atoms with van der Waals surface area (Å²) in [5.74, 6) is 2.53. The van der Waals surface area contributed by atoms with Gasteiger partial charge in [-0.05, 0) is 153 Å². The molecule has 3 bridgehead atoms. The monoisotopic (exact) mass is 859 g/mol. The van der Waals surface area contributed by atoms with Gasteiger partial charge in [0.1, 0.15) is 0 Å². The lowest BCUT2D eigenvalue weighted by Crippen LogP contribution is -2.61. The van der Waals surface area contributed by atoms with E-state index in [0.29, 0.717) is 6.04 Å². The molecule has 0 aromatic heterocycles. The minimum absolute atomic E-state index is 0.00992. The fourth-order valence-corrected chi connectivity index (χ4v) is 13.0. The minimum atomic E-state index is -0.00992. The van der Waals surface area contributed by atoms with Crippen LogP contribution in [0.5, 0.6) is 0 Å². The topological polar surface area (TPSA) is 9.72 Å². The molecule has 14 rings (SSSR count). The summed E-state index contributed by atoms with van der Waals surface area (Å²) in [6, 6.07) is 82.4. The van der Waals surface area contributed by atoms with Crippen molar-refractivity contribution in [1.82, 2.24) is 0 Å². The summed E-state index contributed by atoms with van der Waals surface area (Å²) in [4.78, 5) is 8.06. The van der Waals surface area contributed by atoms with E-state index >= 15 is 0 Å². The summed E-state index contributed by atoms with van der Waals surface area (Å²) in [5.41, 5.74) is 22.6. The molecule has 5 aliphatic rings. The molecule has 67 heavy (non-hydrogen) atoms. The van der Waals surface area contributed by atoms with E-state index in [1.807, 2.05) is 0 Å². The van der Waals surface area contributed by atoms with Crippen molar-refractivity contribution in [2.24, 2.45) is 17.8 Å². The van der Waals surface area contributed by atoms with Gasteiger partial charge in [0.2, 0.25) is 0 Å². The van der Waals surface area contributed by atoms with Gasteiger partial charge in [0.25, 0.3) is 6.71 Å². The SMILES string of the molecule is c1ccc(-c2ccc(N3c4ccc(-c5ccccc5)cc4B4c5cc(-c6ccccc6)ccc5N(c5ccc(-c6ccccc6)cc5)c5cc(N6CC7CC8CC7CC6C8)cc3c54)cc2)cc1. The first-order valence-electron chi connectivity index (χ1n) is 24.4. The molecule has 0 amide bonds. The lowest BCUT2D eigenvalue weighted by atomic mass is 9.33. The molecule has 3 fully saturated rings. The zero-order valence-corrected chi connectivity index (χ0v) is 37.5. The highest BCUT2D eigenvalue weighted by molar-refractivity contribution is 7.00. The standard InChI is InChI=1S/C63H50BN3/c1-5-13-43(14-6-1)47-21-27-53(28-22-47)66-59-31-25-49(45-17-9-3-10-18-45)37-57(59)64-58-38-50(46-19-11-4-12-20-46)26-32-60(58)67(54-29-23-48(24-30-54)44-15-7-2-8-16-44)62-40-56(39-61(66)63(62)64)65-41-52-34-42-33-51(52)36-55(65)35-42/h1-32,37-40,42,51-52,55H,33-36,41H2. The third-order valence-corrected chi connectivity index (χ3v) is 16.1. The predicted octanol–water partition coefficient (Wildman–Crippen LogP) is 14.1. The molecular weight excluding hydrogens is 810 g/mol. The van der Waals surface area contributed by atoms with E-state index in [2.05, 4.69) is 233 Å². The Balaban J connectivity index is 1.04. The maximum absolute atomic E-state index is 2.85. The Hall–Kier alpha value is -7.56. The van der Waals surface area contributed by atoms with Crippen LogP contribution in [0.1, 0.15) is 25.7 Å². The third kappa shape index (κ3) is 6.41. The number of hydrogen-bond donors (Lipinski definition) is 0. The average molecular weight is 860 g/mol. The smallest absolute Gasteiger partial charge is 0.252 e. The zero-order chi connectivity index (χ0) is 44.0. The molecule has 0 spiro atoms. The Labute approximate surface area is 394 Å². The molecule has 3 nitrogen and oxygen atoms in total. The van der Waals surface area contributed by atoms with Crippen molar-refractivity contribution in [1.29, 1.82) is 0 Å². The molecule has 2 saturated carbocycles. The maximum atomic E-state index is 2.85. The van der Waals surface area contributed by atoms with E-state index < -0.39 is 0 Å². The summed E-state index contributed by atoms with van der Waals surface area (Å²) in [6.07, 6.45) is 5.47. The normalized spacial score (nSPS) is 19.5. The van der Waals surface area contributed by atoms with Gasteiger partial charge < -0.3 is 14.7 Å². The number of anilines is 7. The van der Waals surface area contributed by atoms with Gasteiger partial charge in [-0.2, -0.15) is 0 Å². The van der Waals surface area contributed by atoms with Gasteiger partial charge in [0.05, 0.1) is 0 Å². The van der Waals surface area contributed by atoms with Gasteiger partial charge in [-0.1, -0.05) is 170 Å². The minimum Gasteiger partial charge on any atom is -0.368 e. The Kier molecular flexibility index (Phi) is 8.97. The fourth-order valence-electron chi connectivity index (χ4n) is 13.0. The highest BCUT2D eigenvalue weighted by Crippen LogP contribution is 2.54. The molecule has 3 aliphatic heterocycles. The van der Waals surface area contributed by atoms with E-state index in [1.54, 1.807) is 0 Å². The summed E-state index contributed by atoms with van der Waals surface area (Å²) in [5, 5.41) is 0. The Bertz CT molecular complexity index is 3100. The van der Waals surface area contributed by atoms with Crippen LogP contribution in [-0.2, 0) is 0 Å². The average Bonchev–Trinajstić information content (AvgIpc) is 3.60. The van der Waals surface area contributed by atoms with E-state index in [0.717, 1.165) is 24.3 Å². The maximum Gasteiger partial charge on any atom is 0.252 e. The zero-order valence-electron chi connectivity index (χ0n) is 37.5. The first-order valence-corrected chi connectivity index (χ1v) is 24.4. The molecule has 2 aliphatic carbocycles. The van der Waals surface area contributed by atoms with Crippen molar-refractivity contribution in [2.45, 2.75) is 31.7 Å². The van der Waals surface area contributed by atoms with E-state index in [4.69, 9.17) is 0 Å². The fraction of sp³-hybridized carbons (Fsp3) is 0.143. The first-order chi connectivity index (χ1) is 33.2. The van der Waals surface area contributed by atoms with Gasteiger partial charge in [-0.25, -0.2) is 0 Å². The van der Waals surface area contributed by atoms with Crippen LogP contribution in [-0.4, -0.2) is 19.3 Å². The summed E-state index contributed by atoms with van der Waals surface area (Å²) in [6.45, 7) is 1.14. The highest BCUT2D eigenvalue weighted by atomic mass is 15.2. The van der Waals surface area contributed by atoms with Crippen molar-refractivity contribution in [2.75, 3.05) is 21.2 Å². The van der Waals surface area contributed by atoms with Crippen LogP contribution in [0.3, 0.4) is 0 Å². The Morgan fingerprint density at radius 3 is 1.19 bits per heavy atom. The molecule has 320 valence electrons. The lowest BCUT2D eigenvalue weighted by molar-refractivity contribution is 0.242. The summed E-state index contributed by atoms with van der Waals surface area (Å²) >= 11 is 0. The second kappa shape index (κ2) is 15.5. The van der Waals surface area contributed by atoms with Crippen LogP contribution in [0.25, 0.3) is 44.5 Å². The van der Waals surface area contributed by atoms with E-state index in [9.17, 15) is 0 Å². The number of fused-ring (bicyclic) bond motifs is 6. The highest BCUT2D eigenvalue weighted by Gasteiger charge is 2.49. The predicted molar refractivity (Wildman–Crippen MR) is 282 cm³/mol. The summed E-state index contributed by atoms with van der Waals surface area (Å²) in [7, 11) is 0. The van der Waals surface area contributed by atoms with Crippen LogP contribution >= 0.6 is 0 Å². The van der Waals surface area contributed by atoms with Crippen molar-refractivity contribution < 1.29 is 0 Å². The second-order valence-corrected chi connectivity index (χ2v) is 19.7. The Morgan fingerprint density at radius 2 is 0.731 bits per heavy atom. The van der Waals surface area contributed by atoms with Crippen LogP contribution in [0.2, 0.25) is 0 Å². The quantitative estimate of drug-likeness (QED) is 0.148. The first kappa shape index (κ1) is 38.7. The number of rotatable bonds is 7. The lowest BCUT2D eigenvalue weighted by Gasteiger charge is -2.47. The van der Waals surface area contributed by atoms with Crippen LogP contribution in [0, 0.1) is 17.8 Å². The van der Waals surface area contributed by atoms with Gasteiger partial charge in [0.15, 0.2) is 0 Å². The van der Waals surface area contributed by atoms with Gasteiger partial charge in [0, 0.05) is 52.4 Å². The Morgan fingerprint density at radius 1 is 0.328 bits per heavy atom. The molecular formula is C63H50BN3. The molecule has 4 heteroatoms. The van der Waals surface area contributed by atoms with Crippen molar-refractivity contribution in [3.05, 3.63) is 218 Å². The van der Waals surface area contributed by atoms with Crippen LogP contribution in [0.15, 0.2) is 218 Å². The number of nitrogens with zero attached hydrogens (tertiary/aromatic N) is 3. The molecule has 4 unspecified atom stereocenters. The second-order valence-electron chi connectivity index (χ2n) is 19.7. The van der Waals surface area contributed by atoms with Crippen LogP contribution in [0.4, 0.5) is 39.8 Å². The van der Waals surface area contributed by atoms with Crippen molar-refractivity contribution >= 4 is 62.9 Å². The molecule has 1 saturated heterocycles. The van der Waals surface area contributed by atoms with Crippen molar-refractivity contribution in [3.8, 4) is 44.5 Å². The van der Waals surface area contributed by atoms with E-state index in [-0.39, 0.29) is 6.71 Å². The van der Waals surface area contributed by atoms with Gasteiger partial charge in [-0.15, -0.1) is 0 Å². The van der Waals surface area contributed by atoms with Gasteiger partial charge >= 0.3 is 0 Å². The summed E-state index contributed by atoms with van der Waals surface area (Å²) < 4.78 is 0. The molecule has 0 N–H and O–H groups in total. The van der Waals surface area contributed by atoms with Crippen LogP contribution < -0.4 is 31.1 Å². The molecule has 4 atom stereocenters. The molecule has 9 aromatic carbocycles. The molecule has 3 heterocycles. The molecule has 9 aromatic rings. The largest absolute Gasteiger partial charge is 0.368 e. The number of piperidine rings is 1. The van der Waals surface area contributed by atoms with Gasteiger partial charge in [-0.3, -0.25) is 0 Å². The van der Waals surface area contributed by atoms with E-state index in [1.165, 1.54) is 126 Å². The van der Waals surface area contributed by atoms with Crippen molar-refractivity contribution in [3.63, 3.8) is 0 Å². The number of hydrogen-bond acceptors (Lipinski definition) is 3. The number of benzene rings is 9. The third-order valence-electron chi connectivity index (χ3n) is 16.1.